The van der Waals surface area contributed by atoms with E-state index in [-0.39, 0.29) is 33.6 Å². The van der Waals surface area contributed by atoms with E-state index in [9.17, 15) is 9.59 Å². The first kappa shape index (κ1) is 25.4. The van der Waals surface area contributed by atoms with Gasteiger partial charge >= 0.3 is 0 Å². The summed E-state index contributed by atoms with van der Waals surface area (Å²) < 4.78 is 6.66. The van der Waals surface area contributed by atoms with Gasteiger partial charge in [0, 0.05) is 42.7 Å². The van der Waals surface area contributed by atoms with Crippen LogP contribution in [0.4, 0.5) is 0 Å². The van der Waals surface area contributed by atoms with Crippen molar-refractivity contribution in [3.8, 4) is 0 Å². The van der Waals surface area contributed by atoms with Gasteiger partial charge in [0.2, 0.25) is 0 Å². The van der Waals surface area contributed by atoms with Crippen LogP contribution >= 0.6 is 0 Å². The summed E-state index contributed by atoms with van der Waals surface area (Å²) in [4.78, 5) is 28.4. The van der Waals surface area contributed by atoms with Crippen LogP contribution in [0.15, 0.2) is 5.11 Å². The Morgan fingerprint density at radius 2 is 1.81 bits per heavy atom. The molecule has 7 heteroatoms. The maximum absolute atomic E-state index is 12.8. The summed E-state index contributed by atoms with van der Waals surface area (Å²) in [5.74, 6) is 1.72. The van der Waals surface area contributed by atoms with Crippen molar-refractivity contribution in [3.05, 3.63) is 10.4 Å². The van der Waals surface area contributed by atoms with Gasteiger partial charge in [0.05, 0.1) is 0 Å². The third-order valence-electron chi connectivity index (χ3n) is 10.1. The SMILES string of the molecule is CC(C)(C)[Si](C)(C)OC[C@H]1CC(=O)CC[C@]1(C)[C@H]1CC[C@]2(C)C(=O)CC[C@H]2[C@@H]1CN=[N+]=[N-]. The standard InChI is InChI=1S/C25H43N3O3Si/c1-23(2,3)32(6,7)31-16-17-14-18(29)10-12-24(17,4)21-11-13-25(5)20(8-9-22(25)30)19(21)15-27-28-26/h17,19-21H,8-16H2,1-7H3/t17-,19+,20+,21+,24+,25+/m1/s1. The molecule has 0 aromatic heterocycles. The number of ketones is 2. The van der Waals surface area contributed by atoms with Crippen molar-refractivity contribution in [3.63, 3.8) is 0 Å². The molecule has 0 spiro atoms. The molecule has 0 heterocycles. The van der Waals surface area contributed by atoms with Crippen LogP contribution in [-0.2, 0) is 14.0 Å². The number of carbonyl (C=O) groups is 2. The monoisotopic (exact) mass is 461 g/mol. The number of hydrogen-bond acceptors (Lipinski definition) is 4. The van der Waals surface area contributed by atoms with Crippen LogP contribution in [0, 0.1) is 34.5 Å². The molecule has 3 fully saturated rings. The Morgan fingerprint density at radius 3 is 2.44 bits per heavy atom. The van der Waals surface area contributed by atoms with Crippen LogP contribution in [0.25, 0.3) is 10.4 Å². The first-order valence-corrected chi connectivity index (χ1v) is 15.4. The number of nitrogens with zero attached hydrogens (tertiary/aromatic N) is 3. The fourth-order valence-corrected chi connectivity index (χ4v) is 7.80. The summed E-state index contributed by atoms with van der Waals surface area (Å²) in [6, 6.07) is 0. The largest absolute Gasteiger partial charge is 0.417 e. The van der Waals surface area contributed by atoms with Crippen LogP contribution in [0.5, 0.6) is 0 Å². The normalized spacial score (nSPS) is 38.3. The number of fused-ring (bicyclic) bond motifs is 1. The highest BCUT2D eigenvalue weighted by atomic mass is 28.4. The Bertz CT molecular complexity index is 801. The zero-order valence-corrected chi connectivity index (χ0v) is 22.2. The van der Waals surface area contributed by atoms with Gasteiger partial charge in [0.25, 0.3) is 0 Å². The Morgan fingerprint density at radius 1 is 1.12 bits per heavy atom. The molecule has 0 aromatic carbocycles. The lowest BCUT2D eigenvalue weighted by atomic mass is 9.49. The third kappa shape index (κ3) is 4.45. The van der Waals surface area contributed by atoms with Gasteiger partial charge in [-0.05, 0) is 78.4 Å². The van der Waals surface area contributed by atoms with E-state index in [1.165, 1.54) is 0 Å². The van der Waals surface area contributed by atoms with Gasteiger partial charge in [-0.15, -0.1) is 0 Å². The molecule has 0 bridgehead atoms. The van der Waals surface area contributed by atoms with Gasteiger partial charge in [0.15, 0.2) is 8.32 Å². The van der Waals surface area contributed by atoms with Gasteiger partial charge in [-0.3, -0.25) is 9.59 Å². The van der Waals surface area contributed by atoms with E-state index in [0.29, 0.717) is 49.9 Å². The van der Waals surface area contributed by atoms with Crippen LogP contribution in [0.1, 0.15) is 79.6 Å². The van der Waals surface area contributed by atoms with Crippen LogP contribution in [0.3, 0.4) is 0 Å². The van der Waals surface area contributed by atoms with Crippen molar-refractivity contribution < 1.29 is 14.0 Å². The van der Waals surface area contributed by atoms with Crippen molar-refractivity contribution in [1.29, 1.82) is 0 Å². The topological polar surface area (TPSA) is 92.1 Å². The number of rotatable bonds is 6. The lowest BCUT2D eigenvalue weighted by Crippen LogP contribution is -2.53. The minimum absolute atomic E-state index is 0.0428. The maximum atomic E-state index is 12.8. The smallest absolute Gasteiger partial charge is 0.191 e. The van der Waals surface area contributed by atoms with E-state index in [1.54, 1.807) is 0 Å². The summed E-state index contributed by atoms with van der Waals surface area (Å²) in [6.45, 7) is 16.9. The Hall–Kier alpha value is -1.17. The van der Waals surface area contributed by atoms with Gasteiger partial charge < -0.3 is 4.43 Å². The quantitative estimate of drug-likeness (QED) is 0.190. The minimum Gasteiger partial charge on any atom is -0.417 e. The molecule has 0 amide bonds. The lowest BCUT2D eigenvalue weighted by molar-refractivity contribution is -0.137. The highest BCUT2D eigenvalue weighted by molar-refractivity contribution is 6.74. The summed E-state index contributed by atoms with van der Waals surface area (Å²) in [5, 5.41) is 4.15. The van der Waals surface area contributed by atoms with Crippen molar-refractivity contribution in [1.82, 2.24) is 0 Å². The van der Waals surface area contributed by atoms with Gasteiger partial charge in [-0.1, -0.05) is 39.7 Å². The molecule has 0 saturated heterocycles. The second kappa shape index (κ2) is 8.88. The fourth-order valence-electron chi connectivity index (χ4n) is 6.75. The van der Waals surface area contributed by atoms with Crippen molar-refractivity contribution in [2.24, 2.45) is 39.6 Å². The van der Waals surface area contributed by atoms with E-state index < -0.39 is 8.32 Å². The molecule has 0 N–H and O–H groups in total. The molecule has 3 aliphatic rings. The molecule has 0 aromatic rings. The average molecular weight is 462 g/mol. The van der Waals surface area contributed by atoms with E-state index in [4.69, 9.17) is 9.96 Å². The Kier molecular flexibility index (Phi) is 7.06. The van der Waals surface area contributed by atoms with E-state index in [1.807, 2.05) is 0 Å². The summed E-state index contributed by atoms with van der Waals surface area (Å²) in [6.07, 6.45) is 5.49. The summed E-state index contributed by atoms with van der Waals surface area (Å²) in [7, 11) is -1.93. The number of hydrogen-bond donors (Lipinski definition) is 0. The molecule has 0 radical (unpaired) electrons. The minimum atomic E-state index is -1.93. The molecular weight excluding hydrogens is 418 g/mol. The highest BCUT2D eigenvalue weighted by Gasteiger charge is 2.58. The van der Waals surface area contributed by atoms with Crippen LogP contribution < -0.4 is 0 Å². The Balaban J connectivity index is 1.91. The zero-order chi connectivity index (χ0) is 23.9. The predicted molar refractivity (Wildman–Crippen MR) is 130 cm³/mol. The summed E-state index contributed by atoms with van der Waals surface area (Å²) >= 11 is 0. The molecule has 3 rings (SSSR count). The second-order valence-electron chi connectivity index (χ2n) is 12.7. The predicted octanol–water partition coefficient (Wildman–Crippen LogP) is 6.71. The molecule has 3 aliphatic carbocycles. The van der Waals surface area contributed by atoms with Crippen LogP contribution in [-0.4, -0.2) is 33.0 Å². The molecule has 180 valence electrons. The van der Waals surface area contributed by atoms with E-state index in [0.717, 1.165) is 25.7 Å². The van der Waals surface area contributed by atoms with Crippen molar-refractivity contribution in [2.45, 2.75) is 97.7 Å². The molecule has 32 heavy (non-hydrogen) atoms. The zero-order valence-electron chi connectivity index (χ0n) is 21.2. The molecule has 6 atom stereocenters. The number of Topliss-reactive ketones (excluding diaryl/α,β-unsaturated/α-hetero) is 2. The lowest BCUT2D eigenvalue weighted by Gasteiger charge is -2.55. The van der Waals surface area contributed by atoms with Crippen molar-refractivity contribution in [2.75, 3.05) is 13.2 Å². The first-order chi connectivity index (χ1) is 14.8. The van der Waals surface area contributed by atoms with Crippen molar-refractivity contribution >= 4 is 19.9 Å². The van der Waals surface area contributed by atoms with E-state index >= 15 is 0 Å². The number of carbonyl (C=O) groups excluding carboxylic acids is 2. The molecule has 0 aliphatic heterocycles. The molecule has 6 nitrogen and oxygen atoms in total. The molecular formula is C25H43N3O3Si. The van der Waals surface area contributed by atoms with Crippen LogP contribution in [0.2, 0.25) is 18.1 Å². The highest BCUT2D eigenvalue weighted by Crippen LogP contribution is 2.61. The van der Waals surface area contributed by atoms with Gasteiger partial charge in [0.1, 0.15) is 11.6 Å². The number of azide groups is 1. The molecule has 3 saturated carbocycles. The summed E-state index contributed by atoms with van der Waals surface area (Å²) in [5.41, 5.74) is 8.76. The Labute approximate surface area is 195 Å². The van der Waals surface area contributed by atoms with Gasteiger partial charge in [-0.25, -0.2) is 0 Å². The maximum Gasteiger partial charge on any atom is 0.191 e. The average Bonchev–Trinajstić information content (AvgIpc) is 3.01. The van der Waals surface area contributed by atoms with E-state index in [2.05, 4.69) is 57.7 Å². The second-order valence-corrected chi connectivity index (χ2v) is 17.5. The first-order valence-electron chi connectivity index (χ1n) is 12.5. The molecule has 0 unspecified atom stereocenters. The van der Waals surface area contributed by atoms with Gasteiger partial charge in [-0.2, -0.15) is 0 Å². The fraction of sp³-hybridized carbons (Fsp3) is 0.920. The third-order valence-corrected chi connectivity index (χ3v) is 14.7.